The van der Waals surface area contributed by atoms with Crippen LogP contribution >= 0.6 is 23.5 Å². The van der Waals surface area contributed by atoms with Gasteiger partial charge in [0.15, 0.2) is 0 Å². The van der Waals surface area contributed by atoms with Crippen LogP contribution in [0.1, 0.15) is 11.4 Å². The molecule has 6 nitrogen and oxygen atoms in total. The van der Waals surface area contributed by atoms with Gasteiger partial charge in [0.05, 0.1) is 23.8 Å². The zero-order chi connectivity index (χ0) is 19.0. The van der Waals surface area contributed by atoms with E-state index >= 15 is 0 Å². The molecule has 0 fully saturated rings. The Morgan fingerprint density at radius 3 is 1.52 bits per heavy atom. The third-order valence-electron chi connectivity index (χ3n) is 2.38. The number of nitrogens with zero attached hydrogens (tertiary/aromatic N) is 6. The number of rotatable bonds is 4. The Morgan fingerprint density at radius 1 is 0.815 bits per heavy atom. The van der Waals surface area contributed by atoms with Crippen LogP contribution in [0.3, 0.4) is 0 Å². The van der Waals surface area contributed by atoms with Gasteiger partial charge >= 0.3 is 16.5 Å². The summed E-state index contributed by atoms with van der Waals surface area (Å²) >= 11 is 12.4. The van der Waals surface area contributed by atoms with Crippen molar-refractivity contribution in [3.8, 4) is 0 Å². The van der Waals surface area contributed by atoms with Crippen molar-refractivity contribution in [3.05, 3.63) is 60.2 Å². The smallest absolute Gasteiger partial charge is 0.752 e. The predicted octanol–water partition coefficient (Wildman–Crippen LogP) is 3.36. The Morgan fingerprint density at radius 2 is 1.22 bits per heavy atom. The van der Waals surface area contributed by atoms with Gasteiger partial charge in [-0.25, -0.2) is 0 Å². The summed E-state index contributed by atoms with van der Waals surface area (Å²) < 4.78 is 1.04. The van der Waals surface area contributed by atoms with Crippen molar-refractivity contribution in [2.75, 3.05) is 12.5 Å². The Balaban J connectivity index is 0.000000483. The molecule has 2 aromatic rings. The molecule has 2 rings (SSSR count). The summed E-state index contributed by atoms with van der Waals surface area (Å²) in [6, 6.07) is 11.2. The number of thioether (sulfide) groups is 2. The van der Waals surface area contributed by atoms with Crippen LogP contribution in [0.2, 0.25) is 0 Å². The van der Waals surface area contributed by atoms with Crippen molar-refractivity contribution < 1.29 is 16.5 Å². The van der Waals surface area contributed by atoms with Gasteiger partial charge in [-0.3, -0.25) is 9.97 Å². The van der Waals surface area contributed by atoms with Crippen molar-refractivity contribution >= 4 is 70.0 Å². The molecule has 0 bridgehead atoms. The first-order valence-corrected chi connectivity index (χ1v) is 10.4. The first-order valence-electron chi connectivity index (χ1n) is 7.11. The first-order chi connectivity index (χ1) is 12.7. The molecule has 0 saturated heterocycles. The molecule has 0 N–H and O–H groups in total. The summed E-state index contributed by atoms with van der Waals surface area (Å²) in [6.07, 6.45) is 10.3. The van der Waals surface area contributed by atoms with E-state index in [9.17, 15) is 0 Å². The van der Waals surface area contributed by atoms with E-state index in [2.05, 4.69) is 30.4 Å². The molecule has 11 heteroatoms. The van der Waals surface area contributed by atoms with Gasteiger partial charge < -0.3 is 25.3 Å². The van der Waals surface area contributed by atoms with Crippen LogP contribution in [0.25, 0.3) is 0 Å². The van der Waals surface area contributed by atoms with Crippen molar-refractivity contribution in [1.82, 2.24) is 9.97 Å². The predicted molar refractivity (Wildman–Crippen MR) is 120 cm³/mol. The molecule has 2 aromatic heterocycles. The van der Waals surface area contributed by atoms with Crippen molar-refractivity contribution in [2.45, 2.75) is 0 Å². The molecule has 144 valence electrons. The Kier molecular flexibility index (Phi) is 15.9. The summed E-state index contributed by atoms with van der Waals surface area (Å²) in [7, 11) is 0. The van der Waals surface area contributed by atoms with Crippen LogP contribution in [0.5, 0.6) is 0 Å². The van der Waals surface area contributed by atoms with Gasteiger partial charge in [-0.15, -0.1) is 23.5 Å². The topological polar surface area (TPSA) is 75.2 Å². The zero-order valence-electron chi connectivity index (χ0n) is 14.4. The summed E-state index contributed by atoms with van der Waals surface area (Å²) in [5.41, 5.74) is 1.55. The Hall–Kier alpha value is -1.39. The maximum atomic E-state index is 4.83. The third kappa shape index (κ3) is 13.4. The third-order valence-corrected chi connectivity index (χ3v) is 4.41. The maximum Gasteiger partial charge on any atom is 2.00 e. The van der Waals surface area contributed by atoms with Crippen LogP contribution in [-0.2, 0) is 41.7 Å². The average molecular weight is 479 g/mol. The number of hydrogen-bond acceptors (Lipinski definition) is 10. The van der Waals surface area contributed by atoms with E-state index in [1.807, 2.05) is 48.9 Å². The number of pyridine rings is 2. The minimum atomic E-state index is 0. The standard InChI is InChI=1S/2C8H9N3S2.Ni/c2*1-13-8(12)11-10-6-7-4-2-3-5-9-7;/h2*2-6H,1H3,(H,11,12);/q;;+2/p-2/b2*10-6-;. The summed E-state index contributed by atoms with van der Waals surface area (Å²) in [5.74, 6) is 0. The fraction of sp³-hybridized carbons (Fsp3) is 0.125. The van der Waals surface area contributed by atoms with Gasteiger partial charge in [0.25, 0.3) is 0 Å². The van der Waals surface area contributed by atoms with Crippen LogP contribution in [0.15, 0.2) is 69.2 Å². The molecular formula is C16H16N6NiS4. The van der Waals surface area contributed by atoms with E-state index in [0.29, 0.717) is 8.75 Å². The fourth-order valence-electron chi connectivity index (χ4n) is 1.26. The monoisotopic (exact) mass is 478 g/mol. The van der Waals surface area contributed by atoms with Crippen LogP contribution in [0.4, 0.5) is 0 Å². The molecule has 0 atom stereocenters. The first kappa shape index (κ1) is 25.6. The van der Waals surface area contributed by atoms with Gasteiger partial charge in [-0.1, -0.05) is 12.1 Å². The van der Waals surface area contributed by atoms with E-state index in [1.54, 1.807) is 24.8 Å². The molecule has 0 radical (unpaired) electrons. The van der Waals surface area contributed by atoms with Crippen LogP contribution in [0, 0.1) is 0 Å². The molecule has 0 aliphatic heterocycles. The Bertz CT molecular complexity index is 689. The minimum absolute atomic E-state index is 0. The maximum absolute atomic E-state index is 4.83. The molecular weight excluding hydrogens is 463 g/mol. The summed E-state index contributed by atoms with van der Waals surface area (Å²) in [4.78, 5) is 8.08. The second kappa shape index (κ2) is 16.8. The fourth-order valence-corrected chi connectivity index (χ4v) is 1.61. The van der Waals surface area contributed by atoms with E-state index in [4.69, 9.17) is 25.3 Å². The van der Waals surface area contributed by atoms with Gasteiger partial charge in [0, 0.05) is 12.4 Å². The van der Waals surface area contributed by atoms with E-state index in [1.165, 1.54) is 23.5 Å². The molecule has 2 heterocycles. The molecule has 0 spiro atoms. The average Bonchev–Trinajstić information content (AvgIpc) is 2.70. The molecule has 0 amide bonds. The molecule has 0 aliphatic carbocycles. The van der Waals surface area contributed by atoms with E-state index in [0.717, 1.165) is 11.4 Å². The molecule has 27 heavy (non-hydrogen) atoms. The number of hydrogen-bond donors (Lipinski definition) is 0. The summed E-state index contributed by atoms with van der Waals surface area (Å²) in [6.45, 7) is 0. The molecule has 0 aliphatic rings. The zero-order valence-corrected chi connectivity index (χ0v) is 18.7. The minimum Gasteiger partial charge on any atom is -0.752 e. The quantitative estimate of drug-likeness (QED) is 0.220. The second-order valence-corrected chi connectivity index (χ2v) is 7.02. The van der Waals surface area contributed by atoms with Crippen LogP contribution in [-0.4, -0.2) is 43.7 Å². The van der Waals surface area contributed by atoms with E-state index < -0.39 is 0 Å². The van der Waals surface area contributed by atoms with Crippen molar-refractivity contribution in [1.29, 1.82) is 0 Å². The SMILES string of the molecule is CS/C([S-])=N/N=C\c1ccccn1.CS/C([S-])=N/N=C\c1ccccn1.[Ni+2]. The molecule has 0 unspecified atom stereocenters. The van der Waals surface area contributed by atoms with Gasteiger partial charge in [-0.2, -0.15) is 20.4 Å². The molecule has 0 aromatic carbocycles. The normalized spacial score (nSPS) is 11.8. The second-order valence-electron chi connectivity index (χ2n) is 4.14. The van der Waals surface area contributed by atoms with Crippen molar-refractivity contribution in [3.63, 3.8) is 0 Å². The van der Waals surface area contributed by atoms with Crippen LogP contribution < -0.4 is 0 Å². The molecule has 0 saturated carbocycles. The summed E-state index contributed by atoms with van der Waals surface area (Å²) in [5, 5.41) is 15.1. The largest absolute Gasteiger partial charge is 2.00 e. The van der Waals surface area contributed by atoms with Gasteiger partial charge in [-0.05, 0) is 45.5 Å². The number of aromatic nitrogens is 2. The van der Waals surface area contributed by atoms with Crippen molar-refractivity contribution in [2.24, 2.45) is 20.4 Å². The van der Waals surface area contributed by atoms with Gasteiger partial charge in [0.1, 0.15) is 0 Å². The Labute approximate surface area is 188 Å². The van der Waals surface area contributed by atoms with E-state index in [-0.39, 0.29) is 16.5 Å². The van der Waals surface area contributed by atoms with Gasteiger partial charge in [0.2, 0.25) is 0 Å².